The average molecular weight is 772 g/mol. The van der Waals surface area contributed by atoms with Crippen molar-refractivity contribution in [3.8, 4) is 34.3 Å². The first-order valence-electron chi connectivity index (χ1n) is 15.0. The zero-order chi connectivity index (χ0) is 30.6. The molecule has 0 atom stereocenters. The number of ether oxygens (including phenoxy) is 1. The third kappa shape index (κ3) is 5.62. The molecule has 5 nitrogen and oxygen atoms in total. The Bertz CT molecular complexity index is 2180. The van der Waals surface area contributed by atoms with Crippen LogP contribution in [0.5, 0.6) is 17.4 Å². The van der Waals surface area contributed by atoms with Crippen molar-refractivity contribution < 1.29 is 30.9 Å². The average Bonchev–Trinajstić information content (AvgIpc) is 3.34. The predicted molar refractivity (Wildman–Crippen MR) is 179 cm³/mol. The van der Waals surface area contributed by atoms with Crippen molar-refractivity contribution in [2.45, 2.75) is 46.0 Å². The number of rotatable bonds is 5. The van der Waals surface area contributed by atoms with Crippen LogP contribution in [-0.2, 0) is 26.5 Å². The van der Waals surface area contributed by atoms with Gasteiger partial charge in [-0.3, -0.25) is 0 Å². The number of phenols is 1. The Kier molecular flexibility index (Phi) is 8.01. The maximum absolute atomic E-state index is 10.7. The Morgan fingerprint density at radius 2 is 1.60 bits per heavy atom. The number of hydrogen-bond acceptors (Lipinski definition) is 4. The van der Waals surface area contributed by atoms with Crippen LogP contribution in [0.1, 0.15) is 51.7 Å². The number of hydrogen-bond donors (Lipinski definition) is 1. The molecule has 6 heteroatoms. The molecular weight excluding hydrogens is 738 g/mol. The number of phenolic OH excluding ortho intramolecular Hbond substituents is 1. The van der Waals surface area contributed by atoms with Gasteiger partial charge in [0, 0.05) is 50.0 Å². The second-order valence-corrected chi connectivity index (χ2v) is 12.7. The number of aromatic hydroxyl groups is 1. The second-order valence-electron chi connectivity index (χ2n) is 12.7. The van der Waals surface area contributed by atoms with Crippen molar-refractivity contribution in [1.82, 2.24) is 14.5 Å². The third-order valence-electron chi connectivity index (χ3n) is 8.29. The fraction of sp³-hybridized carbons (Fsp3) is 0.179. The van der Waals surface area contributed by atoms with Gasteiger partial charge in [-0.15, -0.1) is 17.5 Å². The minimum Gasteiger partial charge on any atom is -0.506 e. The van der Waals surface area contributed by atoms with E-state index in [1.807, 2.05) is 48.7 Å². The van der Waals surface area contributed by atoms with E-state index in [0.717, 1.165) is 44.1 Å². The van der Waals surface area contributed by atoms with Crippen molar-refractivity contribution in [3.63, 3.8) is 0 Å². The summed E-state index contributed by atoms with van der Waals surface area (Å²) in [6.45, 7) is 11.1. The van der Waals surface area contributed by atoms with Crippen LogP contribution in [0.3, 0.4) is 0 Å². The van der Waals surface area contributed by atoms with Gasteiger partial charge in [-0.1, -0.05) is 82.6 Å². The van der Waals surface area contributed by atoms with Crippen LogP contribution in [0.2, 0.25) is 0 Å². The monoisotopic (exact) mass is 771 g/mol. The Hall–Kier alpha value is -4.47. The van der Waals surface area contributed by atoms with Crippen molar-refractivity contribution in [3.05, 3.63) is 120 Å². The van der Waals surface area contributed by atoms with Crippen molar-refractivity contribution in [1.29, 1.82) is 0 Å². The zero-order valence-electron chi connectivity index (χ0n) is 25.9. The van der Waals surface area contributed by atoms with Gasteiger partial charge in [-0.05, 0) is 75.4 Å². The second kappa shape index (κ2) is 11.8. The molecule has 7 aromatic rings. The minimum absolute atomic E-state index is 0. The molecule has 0 saturated carbocycles. The summed E-state index contributed by atoms with van der Waals surface area (Å²) < 4.78 is 8.48. The van der Waals surface area contributed by atoms with Crippen LogP contribution >= 0.6 is 0 Å². The molecule has 228 valence electrons. The van der Waals surface area contributed by atoms with Crippen LogP contribution in [0, 0.1) is 6.07 Å². The number of pyridine rings is 2. The summed E-state index contributed by atoms with van der Waals surface area (Å²) in [5.74, 6) is 2.23. The molecule has 0 spiro atoms. The van der Waals surface area contributed by atoms with Crippen LogP contribution in [-0.4, -0.2) is 19.6 Å². The van der Waals surface area contributed by atoms with Gasteiger partial charge >= 0.3 is 0 Å². The van der Waals surface area contributed by atoms with Gasteiger partial charge in [0.2, 0.25) is 5.88 Å². The minimum atomic E-state index is 0. The molecule has 45 heavy (non-hydrogen) atoms. The first-order valence-corrected chi connectivity index (χ1v) is 15.0. The quantitative estimate of drug-likeness (QED) is 0.177. The van der Waals surface area contributed by atoms with Gasteiger partial charge in [0.25, 0.3) is 0 Å². The molecule has 4 aromatic carbocycles. The van der Waals surface area contributed by atoms with Crippen LogP contribution < -0.4 is 4.74 Å². The normalized spacial score (nSPS) is 11.8. The van der Waals surface area contributed by atoms with E-state index in [1.165, 1.54) is 11.1 Å². The van der Waals surface area contributed by atoms with Gasteiger partial charge in [0.05, 0.1) is 0 Å². The predicted octanol–water partition coefficient (Wildman–Crippen LogP) is 10.1. The Balaban J connectivity index is 0.00000357. The molecule has 0 aliphatic heterocycles. The van der Waals surface area contributed by atoms with E-state index < -0.39 is 0 Å². The van der Waals surface area contributed by atoms with E-state index in [-0.39, 0.29) is 32.2 Å². The largest absolute Gasteiger partial charge is 0.506 e. The van der Waals surface area contributed by atoms with Crippen LogP contribution in [0.15, 0.2) is 103 Å². The van der Waals surface area contributed by atoms with Crippen molar-refractivity contribution in [2.75, 3.05) is 0 Å². The Labute approximate surface area is 277 Å². The molecule has 0 amide bonds. The summed E-state index contributed by atoms with van der Waals surface area (Å²) in [6.07, 6.45) is 1.88. The van der Waals surface area contributed by atoms with E-state index in [1.54, 1.807) is 6.07 Å². The van der Waals surface area contributed by atoms with Gasteiger partial charge in [-0.25, -0.2) is 9.97 Å². The molecule has 0 aliphatic rings. The van der Waals surface area contributed by atoms with Crippen molar-refractivity contribution in [2.24, 2.45) is 0 Å². The number of fused-ring (bicyclic) bond motifs is 4. The maximum atomic E-state index is 10.7. The molecule has 1 N–H and O–H groups in total. The number of nitrogens with zero attached hydrogens (tertiary/aromatic N) is 3. The van der Waals surface area contributed by atoms with Gasteiger partial charge in [-0.2, -0.15) is 6.07 Å². The molecular formula is C39H34N3O2Pt-. The third-order valence-corrected chi connectivity index (χ3v) is 8.29. The first kappa shape index (κ1) is 30.6. The van der Waals surface area contributed by atoms with E-state index >= 15 is 0 Å². The summed E-state index contributed by atoms with van der Waals surface area (Å²) in [4.78, 5) is 9.51. The standard InChI is InChI=1S/C39H34N3O2.Pt/c1-24(2)26-19-20-40-36(21-26)42-33-16-11-27(39(3,4)5)22-32(33)30-13-12-28(23-34(30)42)44-37-18-15-31-29(25-9-7-6-8-10-25)14-17-35(43)38(31)41-37;/h6-22,24,43H,1-5H3;/q-1;. The SMILES string of the molecule is CC(C)c1ccnc(-n2c3[c-]c(Oc4ccc5c(-c6ccccc6)ccc(O)c5n4)ccc3c3cc(C(C)(C)C)ccc32)c1.[Pt]. The molecule has 0 radical (unpaired) electrons. The van der Waals surface area contributed by atoms with Crippen LogP contribution in [0.4, 0.5) is 0 Å². The molecule has 0 fully saturated rings. The van der Waals surface area contributed by atoms with Gasteiger partial charge in [0.15, 0.2) is 0 Å². The molecule has 7 rings (SSSR count). The van der Waals surface area contributed by atoms with E-state index in [9.17, 15) is 5.11 Å². The maximum Gasteiger partial charge on any atom is 0.217 e. The van der Waals surface area contributed by atoms with Gasteiger partial charge < -0.3 is 14.4 Å². The first-order chi connectivity index (χ1) is 21.2. The molecule has 3 heterocycles. The molecule has 0 bridgehead atoms. The smallest absolute Gasteiger partial charge is 0.217 e. The summed E-state index contributed by atoms with van der Waals surface area (Å²) in [7, 11) is 0. The summed E-state index contributed by atoms with van der Waals surface area (Å²) in [6, 6.07) is 35.9. The summed E-state index contributed by atoms with van der Waals surface area (Å²) >= 11 is 0. The van der Waals surface area contributed by atoms with E-state index in [2.05, 4.69) is 93.8 Å². The molecule has 0 aliphatic carbocycles. The summed E-state index contributed by atoms with van der Waals surface area (Å²) in [5.41, 5.74) is 7.00. The number of aromatic nitrogens is 3. The Morgan fingerprint density at radius 1 is 0.822 bits per heavy atom. The molecule has 0 unspecified atom stereocenters. The Morgan fingerprint density at radius 3 is 2.36 bits per heavy atom. The summed E-state index contributed by atoms with van der Waals surface area (Å²) in [5, 5.41) is 13.8. The fourth-order valence-corrected chi connectivity index (χ4v) is 5.83. The van der Waals surface area contributed by atoms with Crippen LogP contribution in [0.25, 0.3) is 49.7 Å². The van der Waals surface area contributed by atoms with Crippen molar-refractivity contribution >= 4 is 32.7 Å². The zero-order valence-corrected chi connectivity index (χ0v) is 28.2. The topological polar surface area (TPSA) is 60.2 Å². The van der Waals surface area contributed by atoms with Gasteiger partial charge in [0.1, 0.15) is 17.1 Å². The molecule has 0 saturated heterocycles. The molecule has 3 aromatic heterocycles. The fourth-order valence-electron chi connectivity index (χ4n) is 5.83. The van der Waals surface area contributed by atoms with E-state index in [4.69, 9.17) is 14.7 Å². The number of benzene rings is 4. The van der Waals surface area contributed by atoms with E-state index in [0.29, 0.717) is 23.1 Å².